The number of hydrogen-bond acceptors (Lipinski definition) is 4. The van der Waals surface area contributed by atoms with Crippen molar-refractivity contribution >= 4 is 0 Å². The Balaban J connectivity index is 1.42. The highest BCUT2D eigenvalue weighted by atomic mass is 16.5. The molecule has 0 N–H and O–H groups in total. The predicted octanol–water partition coefficient (Wildman–Crippen LogP) is 1.52. The molecule has 122 valence electrons. The van der Waals surface area contributed by atoms with Gasteiger partial charge >= 0.3 is 0 Å². The van der Waals surface area contributed by atoms with Gasteiger partial charge in [-0.25, -0.2) is 4.98 Å². The van der Waals surface area contributed by atoms with Crippen molar-refractivity contribution in [2.45, 2.75) is 51.2 Å². The molecular formula is C17H28N4O. The minimum absolute atomic E-state index is 0.634. The summed E-state index contributed by atoms with van der Waals surface area (Å²) in [7, 11) is 0. The zero-order chi connectivity index (χ0) is 14.8. The summed E-state index contributed by atoms with van der Waals surface area (Å²) >= 11 is 0. The molecule has 1 aromatic rings. The second-order valence-electron chi connectivity index (χ2n) is 6.96. The van der Waals surface area contributed by atoms with Crippen LogP contribution in [0.2, 0.25) is 0 Å². The summed E-state index contributed by atoms with van der Waals surface area (Å²) in [4.78, 5) is 9.94. The van der Waals surface area contributed by atoms with Crippen molar-refractivity contribution < 1.29 is 4.74 Å². The molecule has 3 aliphatic rings. The molecule has 4 rings (SSSR count). The van der Waals surface area contributed by atoms with Crippen LogP contribution in [0, 0.1) is 0 Å². The molecule has 0 spiro atoms. The third-order valence-electron chi connectivity index (χ3n) is 5.51. The zero-order valence-electron chi connectivity index (χ0n) is 13.5. The molecule has 0 unspecified atom stereocenters. The van der Waals surface area contributed by atoms with Crippen LogP contribution in [0.15, 0.2) is 6.20 Å². The van der Waals surface area contributed by atoms with Crippen molar-refractivity contribution in [2.75, 3.05) is 39.4 Å². The van der Waals surface area contributed by atoms with E-state index in [1.54, 1.807) is 0 Å². The van der Waals surface area contributed by atoms with E-state index in [2.05, 4.69) is 20.6 Å². The lowest BCUT2D eigenvalue weighted by Gasteiger charge is -2.27. The smallest absolute Gasteiger partial charge is 0.110 e. The first-order valence-electron chi connectivity index (χ1n) is 8.97. The Morgan fingerprint density at radius 2 is 2.00 bits per heavy atom. The third-order valence-corrected chi connectivity index (χ3v) is 5.51. The van der Waals surface area contributed by atoms with Gasteiger partial charge in [-0.2, -0.15) is 0 Å². The number of fused-ring (bicyclic) bond motifs is 1. The van der Waals surface area contributed by atoms with Crippen molar-refractivity contribution in [1.29, 1.82) is 0 Å². The van der Waals surface area contributed by atoms with E-state index in [1.165, 1.54) is 50.3 Å². The van der Waals surface area contributed by atoms with E-state index in [-0.39, 0.29) is 0 Å². The molecule has 0 aliphatic carbocycles. The minimum atomic E-state index is 0.634. The van der Waals surface area contributed by atoms with Crippen LogP contribution in [-0.4, -0.2) is 64.8 Å². The normalized spacial score (nSPS) is 27.7. The second kappa shape index (κ2) is 6.69. The monoisotopic (exact) mass is 304 g/mol. The van der Waals surface area contributed by atoms with Gasteiger partial charge in [0.25, 0.3) is 0 Å². The number of nitrogens with zero attached hydrogens (tertiary/aromatic N) is 4. The molecule has 0 saturated carbocycles. The first kappa shape index (κ1) is 14.7. The van der Waals surface area contributed by atoms with E-state index in [4.69, 9.17) is 9.72 Å². The molecular weight excluding hydrogens is 276 g/mol. The average Bonchev–Trinajstić information content (AvgIpc) is 3.16. The molecule has 0 bridgehead atoms. The maximum atomic E-state index is 5.56. The lowest BCUT2D eigenvalue weighted by atomic mass is 10.1. The second-order valence-corrected chi connectivity index (χ2v) is 6.96. The highest BCUT2D eigenvalue weighted by Gasteiger charge is 2.26. The van der Waals surface area contributed by atoms with Gasteiger partial charge in [0, 0.05) is 51.4 Å². The van der Waals surface area contributed by atoms with Crippen LogP contribution < -0.4 is 0 Å². The Morgan fingerprint density at radius 3 is 2.82 bits per heavy atom. The fourth-order valence-corrected chi connectivity index (χ4v) is 4.16. The van der Waals surface area contributed by atoms with E-state index in [9.17, 15) is 0 Å². The lowest BCUT2D eigenvalue weighted by Crippen LogP contribution is -2.38. The maximum Gasteiger partial charge on any atom is 0.110 e. The number of rotatable bonds is 3. The molecule has 5 nitrogen and oxygen atoms in total. The first-order valence-corrected chi connectivity index (χ1v) is 8.97. The van der Waals surface area contributed by atoms with Gasteiger partial charge in [0.15, 0.2) is 0 Å². The summed E-state index contributed by atoms with van der Waals surface area (Å²) < 4.78 is 8.05. The van der Waals surface area contributed by atoms with Crippen LogP contribution in [0.5, 0.6) is 0 Å². The van der Waals surface area contributed by atoms with Gasteiger partial charge in [0.05, 0.1) is 12.3 Å². The van der Waals surface area contributed by atoms with Gasteiger partial charge in [0.2, 0.25) is 0 Å². The number of hydrogen-bond donors (Lipinski definition) is 0. The van der Waals surface area contributed by atoms with Crippen LogP contribution in [0.25, 0.3) is 0 Å². The molecule has 4 heterocycles. The average molecular weight is 304 g/mol. The van der Waals surface area contributed by atoms with Gasteiger partial charge in [-0.1, -0.05) is 6.42 Å². The van der Waals surface area contributed by atoms with Crippen molar-refractivity contribution in [1.82, 2.24) is 19.4 Å². The minimum Gasteiger partial charge on any atom is -0.380 e. The topological polar surface area (TPSA) is 33.5 Å². The largest absolute Gasteiger partial charge is 0.380 e. The Morgan fingerprint density at radius 1 is 1.09 bits per heavy atom. The molecule has 0 radical (unpaired) electrons. The van der Waals surface area contributed by atoms with Crippen LogP contribution in [0.4, 0.5) is 0 Å². The fourth-order valence-electron chi connectivity index (χ4n) is 4.16. The van der Waals surface area contributed by atoms with Crippen molar-refractivity contribution in [3.63, 3.8) is 0 Å². The van der Waals surface area contributed by atoms with Gasteiger partial charge < -0.3 is 9.30 Å². The number of ether oxygens (including phenoxy) is 1. The van der Waals surface area contributed by atoms with Crippen molar-refractivity contribution in [3.8, 4) is 0 Å². The number of aromatic nitrogens is 2. The summed E-state index contributed by atoms with van der Waals surface area (Å²) in [6, 6.07) is 0.634. The summed E-state index contributed by atoms with van der Waals surface area (Å²) in [5, 5.41) is 0. The summed E-state index contributed by atoms with van der Waals surface area (Å²) in [5.41, 5.74) is 1.42. The van der Waals surface area contributed by atoms with E-state index < -0.39 is 0 Å². The molecule has 2 saturated heterocycles. The third kappa shape index (κ3) is 3.07. The molecule has 3 aliphatic heterocycles. The van der Waals surface area contributed by atoms with Gasteiger partial charge in [-0.3, -0.25) is 9.80 Å². The SMILES string of the molecule is c1nc2n(c1CN1CCCCC1)CCN([C@@H]1CCOC1)CC2. The highest BCUT2D eigenvalue weighted by molar-refractivity contribution is 5.08. The number of imidazole rings is 1. The van der Waals surface area contributed by atoms with Crippen molar-refractivity contribution in [2.24, 2.45) is 0 Å². The van der Waals surface area contributed by atoms with Gasteiger partial charge in [-0.05, 0) is 32.4 Å². The number of likely N-dealkylation sites (tertiary alicyclic amines) is 1. The number of piperidine rings is 1. The Bertz CT molecular complexity index is 489. The van der Waals surface area contributed by atoms with E-state index in [1.807, 2.05) is 0 Å². The molecule has 1 atom stereocenters. The van der Waals surface area contributed by atoms with E-state index in [0.717, 1.165) is 45.8 Å². The molecule has 5 heteroatoms. The fraction of sp³-hybridized carbons (Fsp3) is 0.824. The Hall–Kier alpha value is -0.910. The summed E-state index contributed by atoms with van der Waals surface area (Å²) in [6.45, 7) is 8.82. The van der Waals surface area contributed by atoms with Crippen LogP contribution >= 0.6 is 0 Å². The van der Waals surface area contributed by atoms with E-state index >= 15 is 0 Å². The van der Waals surface area contributed by atoms with Gasteiger partial charge in [0.1, 0.15) is 5.82 Å². The maximum absolute atomic E-state index is 5.56. The summed E-state index contributed by atoms with van der Waals surface area (Å²) in [6.07, 6.45) is 8.52. The zero-order valence-corrected chi connectivity index (χ0v) is 13.5. The lowest BCUT2D eigenvalue weighted by molar-refractivity contribution is 0.144. The van der Waals surface area contributed by atoms with Crippen LogP contribution in [0.3, 0.4) is 0 Å². The van der Waals surface area contributed by atoms with Gasteiger partial charge in [-0.15, -0.1) is 0 Å². The molecule has 2 fully saturated rings. The Labute approximate surface area is 133 Å². The summed E-state index contributed by atoms with van der Waals surface area (Å²) in [5.74, 6) is 1.29. The standard InChI is InChI=1S/C17H28N4O/c1-2-6-19(7-3-1)13-16-12-18-17-4-8-20(9-10-21(16)17)15-5-11-22-14-15/h12,15H,1-11,13-14H2/t15-/m1/s1. The molecule has 22 heavy (non-hydrogen) atoms. The quantitative estimate of drug-likeness (QED) is 0.848. The molecule has 0 amide bonds. The molecule has 1 aromatic heterocycles. The predicted molar refractivity (Wildman–Crippen MR) is 85.9 cm³/mol. The first-order chi connectivity index (χ1) is 10.9. The Kier molecular flexibility index (Phi) is 4.46. The van der Waals surface area contributed by atoms with Crippen molar-refractivity contribution in [3.05, 3.63) is 17.7 Å². The van der Waals surface area contributed by atoms with Crippen LogP contribution in [0.1, 0.15) is 37.2 Å². The molecule has 0 aromatic carbocycles. The van der Waals surface area contributed by atoms with E-state index in [0.29, 0.717) is 6.04 Å². The highest BCUT2D eigenvalue weighted by Crippen LogP contribution is 2.19. The van der Waals surface area contributed by atoms with Crippen LogP contribution in [-0.2, 0) is 24.2 Å².